The lowest BCUT2D eigenvalue weighted by atomic mass is 9.79. The van der Waals surface area contributed by atoms with E-state index in [9.17, 15) is 4.39 Å². The smallest absolute Gasteiger partial charge is 0.126 e. The molecule has 1 unspecified atom stereocenters. The summed E-state index contributed by atoms with van der Waals surface area (Å²) >= 11 is 0. The first kappa shape index (κ1) is 18.1. The van der Waals surface area contributed by atoms with E-state index in [0.717, 1.165) is 31.5 Å². The highest BCUT2D eigenvalue weighted by atomic mass is 19.1. The second kappa shape index (κ2) is 8.47. The van der Waals surface area contributed by atoms with Crippen molar-refractivity contribution in [3.63, 3.8) is 0 Å². The maximum Gasteiger partial charge on any atom is 0.126 e. The Hall–Kier alpha value is -0.970. The number of hydrogen-bond acceptors (Lipinski definition) is 3. The first-order valence-corrected chi connectivity index (χ1v) is 8.04. The molecule has 0 amide bonds. The Morgan fingerprint density at radius 3 is 2.14 bits per heavy atom. The van der Waals surface area contributed by atoms with Gasteiger partial charge in [-0.2, -0.15) is 0 Å². The average Bonchev–Trinajstić information content (AvgIpc) is 2.52. The van der Waals surface area contributed by atoms with E-state index in [4.69, 9.17) is 5.84 Å². The SMILES string of the molecule is CCN(CC)C(CC)(CC)C(Cc1ccccc1F)NN. The van der Waals surface area contributed by atoms with E-state index < -0.39 is 0 Å². The molecule has 1 aromatic carbocycles. The normalized spacial score (nSPS) is 13.7. The molecule has 0 radical (unpaired) electrons. The van der Waals surface area contributed by atoms with Gasteiger partial charge in [-0.25, -0.2) is 4.39 Å². The lowest BCUT2D eigenvalue weighted by Crippen LogP contribution is -2.63. The number of likely N-dealkylation sites (N-methyl/N-ethyl adjacent to an activating group) is 1. The van der Waals surface area contributed by atoms with Gasteiger partial charge in [0.25, 0.3) is 0 Å². The maximum absolute atomic E-state index is 14.0. The second-order valence-corrected chi connectivity index (χ2v) is 5.50. The number of benzene rings is 1. The van der Waals surface area contributed by atoms with Gasteiger partial charge in [-0.1, -0.05) is 45.9 Å². The highest BCUT2D eigenvalue weighted by molar-refractivity contribution is 5.20. The minimum Gasteiger partial charge on any atom is -0.297 e. The summed E-state index contributed by atoms with van der Waals surface area (Å²) in [5.41, 5.74) is 3.63. The zero-order valence-corrected chi connectivity index (χ0v) is 13.8. The topological polar surface area (TPSA) is 41.3 Å². The molecule has 120 valence electrons. The van der Waals surface area contributed by atoms with Crippen molar-refractivity contribution in [3.8, 4) is 0 Å². The molecule has 1 aromatic rings. The molecule has 4 heteroatoms. The Balaban J connectivity index is 3.11. The van der Waals surface area contributed by atoms with Crippen LogP contribution in [0.5, 0.6) is 0 Å². The van der Waals surface area contributed by atoms with Gasteiger partial charge in [-0.3, -0.25) is 16.2 Å². The molecule has 0 aromatic heterocycles. The van der Waals surface area contributed by atoms with Crippen LogP contribution in [0.1, 0.15) is 46.1 Å². The molecule has 0 fully saturated rings. The summed E-state index contributed by atoms with van der Waals surface area (Å²) in [6.45, 7) is 10.6. The highest BCUT2D eigenvalue weighted by Crippen LogP contribution is 2.30. The minimum atomic E-state index is -0.154. The molecule has 0 bridgehead atoms. The van der Waals surface area contributed by atoms with Crippen LogP contribution in [0.25, 0.3) is 0 Å². The molecule has 0 heterocycles. The Kier molecular flexibility index (Phi) is 7.29. The fraction of sp³-hybridized carbons (Fsp3) is 0.647. The van der Waals surface area contributed by atoms with Gasteiger partial charge < -0.3 is 0 Å². The van der Waals surface area contributed by atoms with Crippen LogP contribution < -0.4 is 11.3 Å². The monoisotopic (exact) mass is 295 g/mol. The number of rotatable bonds is 9. The summed E-state index contributed by atoms with van der Waals surface area (Å²) in [6, 6.07) is 6.98. The van der Waals surface area contributed by atoms with Gasteiger partial charge in [-0.05, 0) is 44.0 Å². The molecule has 0 saturated carbocycles. The zero-order chi connectivity index (χ0) is 15.9. The summed E-state index contributed by atoms with van der Waals surface area (Å²) < 4.78 is 14.0. The van der Waals surface area contributed by atoms with E-state index in [1.807, 2.05) is 12.1 Å². The van der Waals surface area contributed by atoms with Gasteiger partial charge >= 0.3 is 0 Å². The number of halogens is 1. The van der Waals surface area contributed by atoms with Crippen molar-refractivity contribution in [2.75, 3.05) is 13.1 Å². The third-order valence-corrected chi connectivity index (χ3v) is 4.85. The van der Waals surface area contributed by atoms with Crippen molar-refractivity contribution in [1.82, 2.24) is 10.3 Å². The van der Waals surface area contributed by atoms with Crippen LogP contribution in [0.4, 0.5) is 4.39 Å². The van der Waals surface area contributed by atoms with Crippen LogP contribution in [-0.2, 0) is 6.42 Å². The Morgan fingerprint density at radius 2 is 1.71 bits per heavy atom. The third-order valence-electron chi connectivity index (χ3n) is 4.85. The lowest BCUT2D eigenvalue weighted by Gasteiger charge is -2.48. The molecule has 21 heavy (non-hydrogen) atoms. The largest absolute Gasteiger partial charge is 0.297 e. The van der Waals surface area contributed by atoms with Crippen molar-refractivity contribution < 1.29 is 4.39 Å². The Bertz CT molecular complexity index is 414. The Morgan fingerprint density at radius 1 is 1.14 bits per heavy atom. The van der Waals surface area contributed by atoms with Crippen LogP contribution in [0.2, 0.25) is 0 Å². The quantitative estimate of drug-likeness (QED) is 0.543. The van der Waals surface area contributed by atoms with Crippen LogP contribution in [0.15, 0.2) is 24.3 Å². The molecule has 1 atom stereocenters. The van der Waals surface area contributed by atoms with Crippen LogP contribution >= 0.6 is 0 Å². The molecular formula is C17H30FN3. The van der Waals surface area contributed by atoms with E-state index in [0.29, 0.717) is 6.42 Å². The summed E-state index contributed by atoms with van der Waals surface area (Å²) in [5, 5.41) is 0. The number of nitrogens with two attached hydrogens (primary N) is 1. The summed E-state index contributed by atoms with van der Waals surface area (Å²) in [5.74, 6) is 5.70. The highest BCUT2D eigenvalue weighted by Gasteiger charge is 2.39. The van der Waals surface area contributed by atoms with Gasteiger partial charge in [0.15, 0.2) is 0 Å². The van der Waals surface area contributed by atoms with Crippen molar-refractivity contribution in [2.45, 2.75) is 58.5 Å². The van der Waals surface area contributed by atoms with E-state index in [1.54, 1.807) is 6.07 Å². The van der Waals surface area contributed by atoms with E-state index in [1.165, 1.54) is 6.07 Å². The summed E-state index contributed by atoms with van der Waals surface area (Å²) in [7, 11) is 0. The van der Waals surface area contributed by atoms with Crippen LogP contribution in [0.3, 0.4) is 0 Å². The second-order valence-electron chi connectivity index (χ2n) is 5.50. The molecule has 0 aliphatic heterocycles. The minimum absolute atomic E-state index is 0.0179. The molecule has 0 saturated heterocycles. The van der Waals surface area contributed by atoms with Crippen molar-refractivity contribution >= 4 is 0 Å². The molecule has 0 aliphatic rings. The number of nitrogens with zero attached hydrogens (tertiary/aromatic N) is 1. The number of nitrogens with one attached hydrogen (secondary N) is 1. The third kappa shape index (κ3) is 3.82. The number of hydrazine groups is 1. The molecule has 0 spiro atoms. The molecular weight excluding hydrogens is 265 g/mol. The standard InChI is InChI=1S/C17H30FN3/c1-5-17(6-2,21(7-3)8-4)16(20-19)13-14-11-9-10-12-15(14)18/h9-12,16,20H,5-8,13,19H2,1-4H3. The van der Waals surface area contributed by atoms with E-state index >= 15 is 0 Å². The Labute approximate surface area is 128 Å². The number of hydrogen-bond donors (Lipinski definition) is 2. The maximum atomic E-state index is 14.0. The predicted octanol–water partition coefficient (Wildman–Crippen LogP) is 3.10. The summed E-state index contributed by atoms with van der Waals surface area (Å²) in [4.78, 5) is 2.44. The van der Waals surface area contributed by atoms with E-state index in [2.05, 4.69) is 38.0 Å². The first-order valence-electron chi connectivity index (χ1n) is 8.04. The van der Waals surface area contributed by atoms with Crippen LogP contribution in [-0.4, -0.2) is 29.6 Å². The van der Waals surface area contributed by atoms with Crippen LogP contribution in [0, 0.1) is 5.82 Å². The molecule has 3 nitrogen and oxygen atoms in total. The fourth-order valence-electron chi connectivity index (χ4n) is 3.55. The lowest BCUT2D eigenvalue weighted by molar-refractivity contribution is 0.0489. The van der Waals surface area contributed by atoms with Gasteiger partial charge in [0.2, 0.25) is 0 Å². The average molecular weight is 295 g/mol. The predicted molar refractivity (Wildman–Crippen MR) is 87.4 cm³/mol. The molecule has 0 aliphatic carbocycles. The van der Waals surface area contributed by atoms with Crippen molar-refractivity contribution in [2.24, 2.45) is 5.84 Å². The van der Waals surface area contributed by atoms with Gasteiger partial charge in [0, 0.05) is 11.6 Å². The molecule has 1 rings (SSSR count). The fourth-order valence-corrected chi connectivity index (χ4v) is 3.55. The van der Waals surface area contributed by atoms with Crippen molar-refractivity contribution in [3.05, 3.63) is 35.6 Å². The zero-order valence-electron chi connectivity index (χ0n) is 13.8. The van der Waals surface area contributed by atoms with Crippen molar-refractivity contribution in [1.29, 1.82) is 0 Å². The summed E-state index contributed by atoms with van der Waals surface area (Å²) in [6.07, 6.45) is 2.56. The first-order chi connectivity index (χ1) is 10.1. The van der Waals surface area contributed by atoms with Gasteiger partial charge in [-0.15, -0.1) is 0 Å². The molecule has 3 N–H and O–H groups in total. The van der Waals surface area contributed by atoms with Gasteiger partial charge in [0.05, 0.1) is 0 Å². The van der Waals surface area contributed by atoms with Gasteiger partial charge in [0.1, 0.15) is 5.82 Å². The van der Waals surface area contributed by atoms with E-state index in [-0.39, 0.29) is 17.4 Å².